The Hall–Kier alpha value is -2.47. The number of rotatable bonds is 5. The maximum absolute atomic E-state index is 12.8. The number of benzene rings is 1. The van der Waals surface area contributed by atoms with Gasteiger partial charge in [0, 0.05) is 38.1 Å². The Balaban J connectivity index is 1.80. The molecular formula is C20H27N5O. The van der Waals surface area contributed by atoms with Crippen molar-refractivity contribution < 1.29 is 4.79 Å². The lowest BCUT2D eigenvalue weighted by Gasteiger charge is -2.32. The fourth-order valence-corrected chi connectivity index (χ4v) is 3.21. The van der Waals surface area contributed by atoms with Crippen LogP contribution in [0.15, 0.2) is 30.5 Å². The molecule has 0 spiro atoms. The number of hydrogen-bond donors (Lipinski definition) is 1. The van der Waals surface area contributed by atoms with E-state index in [0.29, 0.717) is 11.6 Å². The van der Waals surface area contributed by atoms with Crippen molar-refractivity contribution in [3.8, 4) is 0 Å². The van der Waals surface area contributed by atoms with Crippen LogP contribution in [0.4, 0.5) is 11.6 Å². The van der Waals surface area contributed by atoms with Crippen LogP contribution in [-0.4, -0.2) is 54.0 Å². The normalized spacial score (nSPS) is 15.1. The largest absolute Gasteiger partial charge is 0.338 e. The van der Waals surface area contributed by atoms with E-state index in [1.54, 1.807) is 12.3 Å². The quantitative estimate of drug-likeness (QED) is 0.895. The van der Waals surface area contributed by atoms with Gasteiger partial charge in [-0.25, -0.2) is 9.97 Å². The number of anilines is 2. The number of carbonyl (C=O) groups excluding carboxylic acids is 1. The maximum atomic E-state index is 12.8. The molecule has 0 radical (unpaired) electrons. The van der Waals surface area contributed by atoms with Crippen LogP contribution >= 0.6 is 0 Å². The monoisotopic (exact) mass is 353 g/mol. The SMILES string of the molecule is CCc1cccc(CC)c1NC(=O)c1ccnc(N2CCN(C)CC2)n1. The first kappa shape index (κ1) is 18.3. The average molecular weight is 353 g/mol. The maximum Gasteiger partial charge on any atom is 0.274 e. The zero-order chi connectivity index (χ0) is 18.5. The van der Waals surface area contributed by atoms with Crippen molar-refractivity contribution in [2.45, 2.75) is 26.7 Å². The fraction of sp³-hybridized carbons (Fsp3) is 0.450. The van der Waals surface area contributed by atoms with Crippen LogP contribution in [0.1, 0.15) is 35.5 Å². The molecule has 2 aromatic rings. The zero-order valence-electron chi connectivity index (χ0n) is 15.8. The van der Waals surface area contributed by atoms with E-state index in [9.17, 15) is 4.79 Å². The number of piperazine rings is 1. The van der Waals surface area contributed by atoms with Gasteiger partial charge in [0.05, 0.1) is 0 Å². The summed E-state index contributed by atoms with van der Waals surface area (Å²) < 4.78 is 0. The number of aromatic nitrogens is 2. The minimum Gasteiger partial charge on any atom is -0.338 e. The van der Waals surface area contributed by atoms with Gasteiger partial charge in [-0.05, 0) is 37.1 Å². The second kappa shape index (κ2) is 8.27. The molecule has 1 N–H and O–H groups in total. The van der Waals surface area contributed by atoms with E-state index in [4.69, 9.17) is 0 Å². The number of hydrogen-bond acceptors (Lipinski definition) is 5. The lowest BCUT2D eigenvalue weighted by molar-refractivity contribution is 0.102. The molecule has 1 aliphatic rings. The number of amides is 1. The highest BCUT2D eigenvalue weighted by Crippen LogP contribution is 2.23. The van der Waals surface area contributed by atoms with Gasteiger partial charge in [0.1, 0.15) is 5.69 Å². The lowest BCUT2D eigenvalue weighted by atomic mass is 10.0. The van der Waals surface area contributed by atoms with E-state index in [1.165, 1.54) is 0 Å². The van der Waals surface area contributed by atoms with Crippen LogP contribution < -0.4 is 10.2 Å². The van der Waals surface area contributed by atoms with E-state index >= 15 is 0 Å². The summed E-state index contributed by atoms with van der Waals surface area (Å²) >= 11 is 0. The van der Waals surface area contributed by atoms with Crippen molar-refractivity contribution in [2.75, 3.05) is 43.4 Å². The van der Waals surface area contributed by atoms with Gasteiger partial charge in [0.2, 0.25) is 5.95 Å². The van der Waals surface area contributed by atoms with Crippen LogP contribution in [0.25, 0.3) is 0 Å². The van der Waals surface area contributed by atoms with Crippen molar-refractivity contribution in [1.29, 1.82) is 0 Å². The Labute approximate surface area is 155 Å². The number of aryl methyl sites for hydroxylation is 2. The van der Waals surface area contributed by atoms with E-state index < -0.39 is 0 Å². The summed E-state index contributed by atoms with van der Waals surface area (Å²) in [7, 11) is 2.11. The summed E-state index contributed by atoms with van der Waals surface area (Å²) in [6, 6.07) is 7.84. The Morgan fingerprint density at radius 3 is 2.35 bits per heavy atom. The summed E-state index contributed by atoms with van der Waals surface area (Å²) in [5, 5.41) is 3.08. The molecule has 26 heavy (non-hydrogen) atoms. The molecule has 0 aliphatic carbocycles. The van der Waals surface area contributed by atoms with Crippen molar-refractivity contribution in [3.05, 3.63) is 47.3 Å². The van der Waals surface area contributed by atoms with E-state index in [2.05, 4.69) is 58.1 Å². The molecule has 0 saturated carbocycles. The second-order valence-corrected chi connectivity index (χ2v) is 6.64. The summed E-state index contributed by atoms with van der Waals surface area (Å²) in [6.45, 7) is 7.90. The molecule has 1 aromatic carbocycles. The summed E-state index contributed by atoms with van der Waals surface area (Å²) in [4.78, 5) is 26.1. The van der Waals surface area contributed by atoms with Gasteiger partial charge in [-0.2, -0.15) is 0 Å². The highest BCUT2D eigenvalue weighted by molar-refractivity contribution is 6.03. The van der Waals surface area contributed by atoms with E-state index in [-0.39, 0.29) is 5.91 Å². The molecule has 2 heterocycles. The first-order valence-electron chi connectivity index (χ1n) is 9.31. The topological polar surface area (TPSA) is 61.4 Å². The minimum atomic E-state index is -0.182. The molecule has 0 atom stereocenters. The van der Waals surface area contributed by atoms with Gasteiger partial charge in [-0.1, -0.05) is 32.0 Å². The predicted octanol–water partition coefficient (Wildman–Crippen LogP) is 2.61. The Kier molecular flexibility index (Phi) is 5.83. The Bertz CT molecular complexity index is 746. The molecule has 6 heteroatoms. The number of nitrogens with one attached hydrogen (secondary N) is 1. The molecule has 1 saturated heterocycles. The van der Waals surface area contributed by atoms with Crippen LogP contribution in [0, 0.1) is 0 Å². The molecule has 1 fully saturated rings. The van der Waals surface area contributed by atoms with Crippen molar-refractivity contribution in [3.63, 3.8) is 0 Å². The third-order valence-electron chi connectivity index (χ3n) is 4.90. The van der Waals surface area contributed by atoms with Gasteiger partial charge in [-0.3, -0.25) is 4.79 Å². The third-order valence-corrected chi connectivity index (χ3v) is 4.90. The Morgan fingerprint density at radius 2 is 1.73 bits per heavy atom. The summed E-state index contributed by atoms with van der Waals surface area (Å²) in [5.74, 6) is 0.448. The molecule has 3 rings (SSSR count). The fourth-order valence-electron chi connectivity index (χ4n) is 3.21. The van der Waals surface area contributed by atoms with Gasteiger partial charge in [0.25, 0.3) is 5.91 Å². The molecule has 0 unspecified atom stereocenters. The lowest BCUT2D eigenvalue weighted by Crippen LogP contribution is -2.45. The molecule has 1 aliphatic heterocycles. The summed E-state index contributed by atoms with van der Waals surface area (Å²) in [6.07, 6.45) is 3.42. The van der Waals surface area contributed by atoms with E-state index in [0.717, 1.165) is 55.8 Å². The number of carbonyl (C=O) groups is 1. The van der Waals surface area contributed by atoms with Gasteiger partial charge >= 0.3 is 0 Å². The highest BCUT2D eigenvalue weighted by Gasteiger charge is 2.19. The van der Waals surface area contributed by atoms with Crippen LogP contribution in [0.3, 0.4) is 0 Å². The average Bonchev–Trinajstić information content (AvgIpc) is 2.68. The highest BCUT2D eigenvalue weighted by atomic mass is 16.1. The van der Waals surface area contributed by atoms with Crippen molar-refractivity contribution in [2.24, 2.45) is 0 Å². The van der Waals surface area contributed by atoms with Crippen LogP contribution in [0.2, 0.25) is 0 Å². The molecule has 1 amide bonds. The van der Waals surface area contributed by atoms with Crippen molar-refractivity contribution >= 4 is 17.5 Å². The van der Waals surface area contributed by atoms with Crippen LogP contribution in [-0.2, 0) is 12.8 Å². The van der Waals surface area contributed by atoms with Gasteiger partial charge < -0.3 is 15.1 Å². The minimum absolute atomic E-state index is 0.182. The zero-order valence-corrected chi connectivity index (χ0v) is 15.8. The Morgan fingerprint density at radius 1 is 1.08 bits per heavy atom. The number of likely N-dealkylation sites (N-methyl/N-ethyl adjacent to an activating group) is 1. The van der Waals surface area contributed by atoms with Gasteiger partial charge in [0.15, 0.2) is 0 Å². The number of nitrogens with zero attached hydrogens (tertiary/aromatic N) is 4. The smallest absolute Gasteiger partial charge is 0.274 e. The molecular weight excluding hydrogens is 326 g/mol. The van der Waals surface area contributed by atoms with E-state index in [1.807, 2.05) is 6.07 Å². The first-order chi connectivity index (χ1) is 12.6. The number of para-hydroxylation sites is 1. The van der Waals surface area contributed by atoms with Crippen LogP contribution in [0.5, 0.6) is 0 Å². The molecule has 138 valence electrons. The third kappa shape index (κ3) is 4.02. The second-order valence-electron chi connectivity index (χ2n) is 6.64. The summed E-state index contributed by atoms with van der Waals surface area (Å²) in [5.41, 5.74) is 3.61. The standard InChI is InChI=1S/C20H27N5O/c1-4-15-7-6-8-16(5-2)18(15)23-19(26)17-9-10-21-20(22-17)25-13-11-24(3)12-14-25/h6-10H,4-5,11-14H2,1-3H3,(H,23,26). The molecule has 0 bridgehead atoms. The molecule has 6 nitrogen and oxygen atoms in total. The van der Waals surface area contributed by atoms with Gasteiger partial charge in [-0.15, -0.1) is 0 Å². The van der Waals surface area contributed by atoms with Crippen molar-refractivity contribution in [1.82, 2.24) is 14.9 Å². The first-order valence-corrected chi connectivity index (χ1v) is 9.31. The molecule has 1 aromatic heterocycles. The predicted molar refractivity (Wildman–Crippen MR) is 105 cm³/mol.